The number of nitrogens with one attached hydrogen (secondary N) is 2. The van der Waals surface area contributed by atoms with Gasteiger partial charge in [-0.2, -0.15) is 0 Å². The number of nitro benzene ring substituents is 1. The predicted octanol–water partition coefficient (Wildman–Crippen LogP) is 3.99. The van der Waals surface area contributed by atoms with Crippen LogP contribution in [0.25, 0.3) is 0 Å². The Morgan fingerprint density at radius 1 is 1.12 bits per heavy atom. The summed E-state index contributed by atoms with van der Waals surface area (Å²) in [7, 11) is 1.72. The highest BCUT2D eigenvalue weighted by atomic mass is 127. The summed E-state index contributed by atoms with van der Waals surface area (Å²) in [4.78, 5) is 14.5. The second kappa shape index (κ2) is 10.7. The van der Waals surface area contributed by atoms with E-state index in [0.717, 1.165) is 12.1 Å². The molecule has 0 aromatic heterocycles. The van der Waals surface area contributed by atoms with Crippen LogP contribution in [0.2, 0.25) is 0 Å². The number of nitro groups is 1. The molecule has 0 spiro atoms. The number of hydrogen-bond donors (Lipinski definition) is 2. The second-order valence-electron chi connectivity index (χ2n) is 6.04. The predicted molar refractivity (Wildman–Crippen MR) is 116 cm³/mol. The van der Waals surface area contributed by atoms with Crippen LogP contribution in [0.3, 0.4) is 0 Å². The number of non-ortho nitro benzene ring substituents is 1. The minimum absolute atomic E-state index is 0. The Bertz CT molecular complexity index is 730. The van der Waals surface area contributed by atoms with Gasteiger partial charge in [0.1, 0.15) is 0 Å². The summed E-state index contributed by atoms with van der Waals surface area (Å²) >= 11 is 0. The highest BCUT2D eigenvalue weighted by Crippen LogP contribution is 2.15. The van der Waals surface area contributed by atoms with E-state index >= 15 is 0 Å². The van der Waals surface area contributed by atoms with Gasteiger partial charge in [0.05, 0.1) is 4.92 Å². The van der Waals surface area contributed by atoms with Gasteiger partial charge in [-0.25, -0.2) is 0 Å². The van der Waals surface area contributed by atoms with Gasteiger partial charge in [-0.3, -0.25) is 15.1 Å². The summed E-state index contributed by atoms with van der Waals surface area (Å²) < 4.78 is 0. The molecule has 0 aliphatic heterocycles. The molecule has 0 radical (unpaired) electrons. The average molecular weight is 468 g/mol. The Kier molecular flexibility index (Phi) is 9.04. The molecule has 1 unspecified atom stereocenters. The van der Waals surface area contributed by atoms with Crippen LogP contribution in [0.4, 0.5) is 5.69 Å². The lowest BCUT2D eigenvalue weighted by molar-refractivity contribution is -0.384. The molecule has 0 amide bonds. The number of aryl methyl sites for hydroxylation is 1. The minimum Gasteiger partial charge on any atom is -0.356 e. The topological polar surface area (TPSA) is 79.6 Å². The van der Waals surface area contributed by atoms with Crippen molar-refractivity contribution in [3.8, 4) is 0 Å². The fourth-order valence-electron chi connectivity index (χ4n) is 2.40. The standard InChI is InChI=1S/C19H24N4O2.HI/c1-14-4-8-17(9-5-14)15(2)12-21-19(20-3)22-13-16-6-10-18(11-7-16)23(24)25;/h4-11,15H,12-13H2,1-3H3,(H2,20,21,22);1H. The minimum atomic E-state index is -0.399. The molecule has 0 saturated carbocycles. The van der Waals surface area contributed by atoms with E-state index in [0.29, 0.717) is 18.4 Å². The molecule has 2 N–H and O–H groups in total. The number of nitrogens with zero attached hydrogens (tertiary/aromatic N) is 2. The molecular formula is C19H25IN4O2. The highest BCUT2D eigenvalue weighted by molar-refractivity contribution is 14.0. The SMILES string of the molecule is CN=C(NCc1ccc([N+](=O)[O-])cc1)NCC(C)c1ccc(C)cc1.I. The van der Waals surface area contributed by atoms with Crippen molar-refractivity contribution in [3.63, 3.8) is 0 Å². The van der Waals surface area contributed by atoms with Crippen LogP contribution < -0.4 is 10.6 Å². The van der Waals surface area contributed by atoms with Crippen LogP contribution in [0.1, 0.15) is 29.5 Å². The quantitative estimate of drug-likeness (QED) is 0.221. The molecule has 0 fully saturated rings. The molecule has 2 aromatic rings. The van der Waals surface area contributed by atoms with E-state index in [1.54, 1.807) is 19.2 Å². The Hall–Kier alpha value is -2.16. The van der Waals surface area contributed by atoms with Gasteiger partial charge in [0.2, 0.25) is 0 Å². The van der Waals surface area contributed by atoms with Crippen LogP contribution in [0.5, 0.6) is 0 Å². The molecule has 0 aliphatic rings. The molecule has 7 heteroatoms. The Labute approximate surface area is 171 Å². The normalized spacial score (nSPS) is 12.0. The summed E-state index contributed by atoms with van der Waals surface area (Å²) in [6.45, 7) is 5.57. The molecule has 0 heterocycles. The summed E-state index contributed by atoms with van der Waals surface area (Å²) in [6.07, 6.45) is 0. The van der Waals surface area contributed by atoms with Crippen molar-refractivity contribution in [2.75, 3.05) is 13.6 Å². The Morgan fingerprint density at radius 3 is 2.27 bits per heavy atom. The van der Waals surface area contributed by atoms with Gasteiger partial charge in [0.25, 0.3) is 5.69 Å². The van der Waals surface area contributed by atoms with Crippen LogP contribution >= 0.6 is 24.0 Å². The summed E-state index contributed by atoms with van der Waals surface area (Å²) in [6, 6.07) is 15.0. The average Bonchev–Trinajstić information content (AvgIpc) is 2.62. The Balaban J connectivity index is 0.00000338. The Morgan fingerprint density at radius 2 is 1.73 bits per heavy atom. The first-order valence-electron chi connectivity index (χ1n) is 8.24. The van der Waals surface area contributed by atoms with Gasteiger partial charge in [-0.05, 0) is 24.0 Å². The zero-order valence-electron chi connectivity index (χ0n) is 15.2. The van der Waals surface area contributed by atoms with Gasteiger partial charge in [0.15, 0.2) is 5.96 Å². The van der Waals surface area contributed by atoms with E-state index < -0.39 is 4.92 Å². The first-order chi connectivity index (χ1) is 12.0. The van der Waals surface area contributed by atoms with E-state index in [9.17, 15) is 10.1 Å². The fourth-order valence-corrected chi connectivity index (χ4v) is 2.40. The van der Waals surface area contributed by atoms with Crippen molar-refractivity contribution >= 4 is 35.6 Å². The van der Waals surface area contributed by atoms with Crippen molar-refractivity contribution in [1.29, 1.82) is 0 Å². The molecule has 6 nitrogen and oxygen atoms in total. The van der Waals surface area contributed by atoms with E-state index in [4.69, 9.17) is 0 Å². The monoisotopic (exact) mass is 468 g/mol. The maximum Gasteiger partial charge on any atom is 0.269 e. The smallest absolute Gasteiger partial charge is 0.269 e. The second-order valence-corrected chi connectivity index (χ2v) is 6.04. The van der Waals surface area contributed by atoms with Crippen LogP contribution in [-0.2, 0) is 6.54 Å². The molecule has 2 aromatic carbocycles. The zero-order chi connectivity index (χ0) is 18.2. The number of guanidine groups is 1. The number of benzene rings is 2. The van der Waals surface area contributed by atoms with E-state index in [2.05, 4.69) is 53.7 Å². The van der Waals surface area contributed by atoms with Gasteiger partial charge in [-0.1, -0.05) is 48.9 Å². The maximum atomic E-state index is 10.7. The van der Waals surface area contributed by atoms with E-state index in [-0.39, 0.29) is 29.7 Å². The lowest BCUT2D eigenvalue weighted by Gasteiger charge is -2.16. The lowest BCUT2D eigenvalue weighted by atomic mass is 10.0. The molecule has 26 heavy (non-hydrogen) atoms. The summed E-state index contributed by atoms with van der Waals surface area (Å²) in [5.41, 5.74) is 3.59. The van der Waals surface area contributed by atoms with Crippen molar-refractivity contribution in [3.05, 3.63) is 75.3 Å². The van der Waals surface area contributed by atoms with E-state index in [1.165, 1.54) is 23.3 Å². The van der Waals surface area contributed by atoms with Gasteiger partial charge < -0.3 is 10.6 Å². The van der Waals surface area contributed by atoms with Crippen molar-refractivity contribution in [2.45, 2.75) is 26.3 Å². The van der Waals surface area contributed by atoms with Gasteiger partial charge in [0, 0.05) is 32.3 Å². The van der Waals surface area contributed by atoms with Gasteiger partial charge in [-0.15, -0.1) is 24.0 Å². The van der Waals surface area contributed by atoms with Crippen molar-refractivity contribution in [1.82, 2.24) is 10.6 Å². The fraction of sp³-hybridized carbons (Fsp3) is 0.316. The number of aliphatic imine (C=N–C) groups is 1. The van der Waals surface area contributed by atoms with Crippen LogP contribution in [0, 0.1) is 17.0 Å². The third-order valence-corrected chi connectivity index (χ3v) is 4.05. The van der Waals surface area contributed by atoms with Crippen LogP contribution in [-0.4, -0.2) is 24.5 Å². The lowest BCUT2D eigenvalue weighted by Crippen LogP contribution is -2.38. The summed E-state index contributed by atoms with van der Waals surface area (Å²) in [5, 5.41) is 17.2. The maximum absolute atomic E-state index is 10.7. The first-order valence-corrected chi connectivity index (χ1v) is 8.24. The number of rotatable bonds is 6. The molecule has 140 valence electrons. The van der Waals surface area contributed by atoms with Crippen LogP contribution in [0.15, 0.2) is 53.5 Å². The van der Waals surface area contributed by atoms with Gasteiger partial charge >= 0.3 is 0 Å². The molecule has 1 atom stereocenters. The van der Waals surface area contributed by atoms with Crippen molar-refractivity contribution < 1.29 is 4.92 Å². The molecular weight excluding hydrogens is 443 g/mol. The number of hydrogen-bond acceptors (Lipinski definition) is 3. The van der Waals surface area contributed by atoms with E-state index in [1.807, 2.05) is 0 Å². The highest BCUT2D eigenvalue weighted by Gasteiger charge is 2.07. The third kappa shape index (κ3) is 6.62. The summed E-state index contributed by atoms with van der Waals surface area (Å²) in [5.74, 6) is 1.07. The molecule has 0 saturated heterocycles. The first kappa shape index (κ1) is 21.9. The number of halogens is 1. The molecule has 2 rings (SSSR count). The largest absolute Gasteiger partial charge is 0.356 e. The molecule has 0 bridgehead atoms. The van der Waals surface area contributed by atoms with Crippen molar-refractivity contribution in [2.24, 2.45) is 4.99 Å². The molecule has 0 aliphatic carbocycles. The zero-order valence-corrected chi connectivity index (χ0v) is 17.6. The third-order valence-electron chi connectivity index (χ3n) is 4.05.